The maximum absolute atomic E-state index is 13.7. The predicted octanol–water partition coefficient (Wildman–Crippen LogP) is 9.64. The zero-order valence-electron chi connectivity index (χ0n) is 40.8. The molecule has 0 unspecified atom stereocenters. The molecule has 3 aromatic heterocycles. The first-order chi connectivity index (χ1) is 33.1. The number of nitrogens with zero attached hydrogens (tertiary/aromatic N) is 6. The molecule has 2 fully saturated rings. The summed E-state index contributed by atoms with van der Waals surface area (Å²) in [5.41, 5.74) is 9.81. The van der Waals surface area contributed by atoms with Crippen molar-refractivity contribution in [3.63, 3.8) is 0 Å². The van der Waals surface area contributed by atoms with Crippen molar-refractivity contribution in [1.29, 1.82) is 0 Å². The highest BCUT2D eigenvalue weighted by atomic mass is 16.5. The van der Waals surface area contributed by atoms with E-state index in [1.165, 1.54) is 19.8 Å². The second kappa shape index (κ2) is 20.0. The lowest BCUT2D eigenvalue weighted by Gasteiger charge is -2.29. The number of hydrogen-bond donors (Lipinski definition) is 4. The summed E-state index contributed by atoms with van der Waals surface area (Å²) in [7, 11) is 2.56. The fourth-order valence-corrected chi connectivity index (χ4v) is 9.27. The minimum Gasteiger partial charge on any atom is -0.453 e. The summed E-state index contributed by atoms with van der Waals surface area (Å²) in [6.07, 6.45) is 3.57. The van der Waals surface area contributed by atoms with Crippen LogP contribution in [-0.4, -0.2) is 96.9 Å². The normalized spacial score (nSPS) is 16.4. The third-order valence-electron chi connectivity index (χ3n) is 13.1. The number of ether oxygens (including phenoxy) is 2. The Labute approximate surface area is 402 Å². The Hall–Kier alpha value is -7.49. The molecule has 2 aliphatic rings. The molecule has 5 heterocycles. The summed E-state index contributed by atoms with van der Waals surface area (Å²) in [5.74, 6) is 1.25. The van der Waals surface area contributed by atoms with Crippen LogP contribution in [0.2, 0.25) is 0 Å². The van der Waals surface area contributed by atoms with Crippen LogP contribution in [0.4, 0.5) is 9.59 Å². The average molecular weight is 935 g/mol. The Morgan fingerprint density at radius 2 is 1.29 bits per heavy atom. The van der Waals surface area contributed by atoms with Crippen molar-refractivity contribution in [1.82, 2.24) is 50.1 Å². The largest absolute Gasteiger partial charge is 0.453 e. The van der Waals surface area contributed by atoms with Gasteiger partial charge in [-0.05, 0) is 103 Å². The SMILES string of the molecule is COC(=O)NC(C(=O)N1CCC[C@H]1c1ncc(-c2ccc(-c3ccc(-c4ccc(-c5n[nH]c([C@@H]6CCCN6C(=O)[C@@H](NC(=O)OC)C(C)C)n5)cc4)n3-c3ccc(C(C)(C)C)cc3)cc2)[nH]1)=C(C)C. The van der Waals surface area contributed by atoms with Gasteiger partial charge in [-0.3, -0.25) is 20.0 Å². The first-order valence-electron chi connectivity index (χ1n) is 23.6. The number of likely N-dealkylation sites (tertiary alicyclic amines) is 2. The Balaban J connectivity index is 1.04. The third kappa shape index (κ3) is 10.1. The predicted molar refractivity (Wildman–Crippen MR) is 264 cm³/mol. The first-order valence-corrected chi connectivity index (χ1v) is 23.6. The van der Waals surface area contributed by atoms with E-state index in [1.54, 1.807) is 29.8 Å². The van der Waals surface area contributed by atoms with Crippen LogP contribution in [0.5, 0.6) is 0 Å². The zero-order valence-corrected chi connectivity index (χ0v) is 40.8. The molecule has 6 aromatic rings. The van der Waals surface area contributed by atoms with Gasteiger partial charge in [-0.2, -0.15) is 5.10 Å². The molecule has 2 saturated heterocycles. The smallest absolute Gasteiger partial charge is 0.411 e. The van der Waals surface area contributed by atoms with E-state index in [9.17, 15) is 19.2 Å². The Bertz CT molecular complexity index is 2850. The molecule has 16 nitrogen and oxygen atoms in total. The van der Waals surface area contributed by atoms with E-state index in [0.29, 0.717) is 36.1 Å². The molecule has 0 aliphatic carbocycles. The molecule has 4 N–H and O–H groups in total. The molecule has 16 heteroatoms. The van der Waals surface area contributed by atoms with Crippen LogP contribution in [-0.2, 0) is 24.5 Å². The number of carbonyl (C=O) groups is 4. The Kier molecular flexibility index (Phi) is 13.9. The van der Waals surface area contributed by atoms with Crippen LogP contribution in [0.3, 0.4) is 0 Å². The third-order valence-corrected chi connectivity index (χ3v) is 13.1. The Morgan fingerprint density at radius 3 is 1.86 bits per heavy atom. The van der Waals surface area contributed by atoms with Gasteiger partial charge in [0.25, 0.3) is 5.91 Å². The molecule has 8 rings (SSSR count). The fraction of sp³-hybridized carbons (Fsp3) is 0.377. The van der Waals surface area contributed by atoms with Gasteiger partial charge in [0.1, 0.15) is 23.4 Å². The molecular weight excluding hydrogens is 873 g/mol. The monoisotopic (exact) mass is 934 g/mol. The number of hydrogen-bond acceptors (Lipinski definition) is 9. The molecule has 3 aromatic carbocycles. The topological polar surface area (TPSA) is 192 Å². The number of aromatic nitrogens is 6. The van der Waals surface area contributed by atoms with E-state index in [4.69, 9.17) is 19.4 Å². The molecular formula is C53H62N10O6. The number of benzene rings is 3. The lowest BCUT2D eigenvalue weighted by atomic mass is 9.87. The van der Waals surface area contributed by atoms with Crippen molar-refractivity contribution in [2.45, 2.75) is 97.7 Å². The van der Waals surface area contributed by atoms with Crippen molar-refractivity contribution in [2.75, 3.05) is 27.3 Å². The molecule has 0 radical (unpaired) electrons. The second-order valence-corrected chi connectivity index (χ2v) is 19.3. The van der Waals surface area contributed by atoms with Gasteiger partial charge in [0.2, 0.25) is 5.91 Å². The minimum atomic E-state index is -0.726. The van der Waals surface area contributed by atoms with Gasteiger partial charge in [-0.25, -0.2) is 19.6 Å². The highest BCUT2D eigenvalue weighted by Crippen LogP contribution is 2.37. The lowest BCUT2D eigenvalue weighted by molar-refractivity contribution is -0.135. The standard InChI is InChI=1S/C53H62N10O6/c1-31(2)44(56-51(66)68-8)49(64)61-28-10-12-42(61)47-54-30-39(55-47)33-14-16-34(17-15-33)40-26-27-41(63(40)38-24-22-37(23-25-38)53(5,6)7)35-18-20-36(21-19-35)46-58-48(60-59-46)43-13-11-29-62(43)50(65)45(32(3)4)57-52(67)69-9/h14-27,30,32,42-43,45H,10-13,28-29H2,1-9H3,(H,54,55)(H,56,66)(H,57,67)(H,58,59,60)/t42-,43-,45-/m0/s1. The van der Waals surface area contributed by atoms with Crippen molar-refractivity contribution < 1.29 is 28.7 Å². The zero-order chi connectivity index (χ0) is 49.1. The van der Waals surface area contributed by atoms with Crippen LogP contribution in [0.15, 0.2) is 102 Å². The number of methoxy groups -OCH3 is 2. The van der Waals surface area contributed by atoms with Crippen LogP contribution < -0.4 is 10.6 Å². The number of rotatable bonds is 12. The van der Waals surface area contributed by atoms with Crippen LogP contribution >= 0.6 is 0 Å². The highest BCUT2D eigenvalue weighted by Gasteiger charge is 2.38. The summed E-state index contributed by atoms with van der Waals surface area (Å²) < 4.78 is 11.8. The number of carbonyl (C=O) groups excluding carboxylic acids is 4. The quantitative estimate of drug-likeness (QED) is 0.0865. The molecule has 4 amide bonds. The lowest BCUT2D eigenvalue weighted by Crippen LogP contribution is -2.51. The van der Waals surface area contributed by atoms with E-state index in [-0.39, 0.29) is 40.9 Å². The summed E-state index contributed by atoms with van der Waals surface area (Å²) in [4.78, 5) is 68.2. The van der Waals surface area contributed by atoms with Gasteiger partial charge >= 0.3 is 12.2 Å². The summed E-state index contributed by atoms with van der Waals surface area (Å²) in [5, 5.41) is 13.0. The molecule has 3 atom stereocenters. The van der Waals surface area contributed by atoms with Crippen LogP contribution in [0.25, 0.3) is 50.8 Å². The van der Waals surface area contributed by atoms with Crippen molar-refractivity contribution in [2.24, 2.45) is 5.92 Å². The number of allylic oxidation sites excluding steroid dienone is 1. The molecule has 360 valence electrons. The average Bonchev–Trinajstić information content (AvgIpc) is 4.21. The van der Waals surface area contributed by atoms with Crippen LogP contribution in [0.1, 0.15) is 103 Å². The van der Waals surface area contributed by atoms with Gasteiger partial charge in [-0.1, -0.05) is 95.3 Å². The molecule has 2 aliphatic heterocycles. The van der Waals surface area contributed by atoms with Crippen molar-refractivity contribution in [3.05, 3.63) is 120 Å². The highest BCUT2D eigenvalue weighted by molar-refractivity contribution is 5.97. The molecule has 69 heavy (non-hydrogen) atoms. The van der Waals surface area contributed by atoms with Gasteiger partial charge < -0.3 is 34.1 Å². The number of H-pyrrole nitrogens is 2. The van der Waals surface area contributed by atoms with Gasteiger partial charge in [0.15, 0.2) is 5.82 Å². The van der Waals surface area contributed by atoms with E-state index in [1.807, 2.05) is 26.0 Å². The minimum absolute atomic E-state index is 0.00907. The summed E-state index contributed by atoms with van der Waals surface area (Å²) in [6.45, 7) is 15.1. The number of aromatic amines is 2. The van der Waals surface area contributed by atoms with Gasteiger partial charge in [-0.15, -0.1) is 0 Å². The van der Waals surface area contributed by atoms with Crippen molar-refractivity contribution in [3.8, 4) is 50.8 Å². The van der Waals surface area contributed by atoms with E-state index in [2.05, 4.69) is 124 Å². The van der Waals surface area contributed by atoms with Gasteiger partial charge in [0, 0.05) is 24.3 Å². The number of imidazole rings is 1. The maximum Gasteiger partial charge on any atom is 0.411 e. The molecule has 0 saturated carbocycles. The molecule has 0 bridgehead atoms. The van der Waals surface area contributed by atoms with E-state index in [0.717, 1.165) is 70.7 Å². The summed E-state index contributed by atoms with van der Waals surface area (Å²) in [6, 6.07) is 28.3. The van der Waals surface area contributed by atoms with E-state index < -0.39 is 18.2 Å². The number of nitrogens with one attached hydrogen (secondary N) is 4. The number of alkyl carbamates (subject to hydrolysis) is 2. The maximum atomic E-state index is 13.7. The number of amides is 4. The first kappa shape index (κ1) is 48.0. The second-order valence-electron chi connectivity index (χ2n) is 19.3. The summed E-state index contributed by atoms with van der Waals surface area (Å²) >= 11 is 0. The molecule has 0 spiro atoms. The Morgan fingerprint density at radius 1 is 0.725 bits per heavy atom. The van der Waals surface area contributed by atoms with Crippen LogP contribution in [0, 0.1) is 5.92 Å². The van der Waals surface area contributed by atoms with Gasteiger partial charge in [0.05, 0.1) is 49.6 Å². The van der Waals surface area contributed by atoms with Crippen molar-refractivity contribution >= 4 is 24.0 Å². The fourth-order valence-electron chi connectivity index (χ4n) is 9.27. The van der Waals surface area contributed by atoms with E-state index >= 15 is 0 Å².